The molecule has 0 fully saturated rings. The molecule has 21 heavy (non-hydrogen) atoms. The third kappa shape index (κ3) is 3.26. The van der Waals surface area contributed by atoms with Crippen molar-refractivity contribution in [2.24, 2.45) is 0 Å². The van der Waals surface area contributed by atoms with Crippen LogP contribution in [0.4, 0.5) is 5.69 Å². The first-order valence-corrected chi connectivity index (χ1v) is 6.09. The molecule has 0 unspecified atom stereocenters. The number of aromatic carboxylic acids is 1. The molecule has 108 valence electrons. The zero-order chi connectivity index (χ0) is 15.6. The third-order valence-electron chi connectivity index (χ3n) is 2.53. The molecule has 0 amide bonds. The molecule has 0 spiro atoms. The molecular weight excluding hydrogens is 300 g/mol. The summed E-state index contributed by atoms with van der Waals surface area (Å²) in [5.74, 6) is -1.42. The number of hydrogen-bond donors (Lipinski definition) is 1. The van der Waals surface area contributed by atoms with E-state index in [-0.39, 0.29) is 27.9 Å². The van der Waals surface area contributed by atoms with Crippen LogP contribution in [0.3, 0.4) is 0 Å². The van der Waals surface area contributed by atoms with Crippen molar-refractivity contribution >= 4 is 23.3 Å². The van der Waals surface area contributed by atoms with Crippen molar-refractivity contribution in [3.63, 3.8) is 0 Å². The molecule has 0 bridgehead atoms. The number of halogens is 1. The maximum absolute atomic E-state index is 11.0. The van der Waals surface area contributed by atoms with Crippen LogP contribution >= 0.6 is 11.6 Å². The molecule has 0 aliphatic rings. The van der Waals surface area contributed by atoms with Gasteiger partial charge in [0.05, 0.1) is 15.5 Å². The number of aryl methyl sites for hydroxylation is 1. The van der Waals surface area contributed by atoms with E-state index in [1.807, 2.05) is 0 Å². The fraction of sp³-hybridized carbons (Fsp3) is 0.0769. The van der Waals surface area contributed by atoms with Crippen molar-refractivity contribution in [2.45, 2.75) is 6.92 Å². The number of para-hydroxylation sites is 1. The first-order chi connectivity index (χ1) is 9.88. The van der Waals surface area contributed by atoms with E-state index < -0.39 is 10.9 Å². The van der Waals surface area contributed by atoms with E-state index in [0.29, 0.717) is 5.69 Å². The van der Waals surface area contributed by atoms with Gasteiger partial charge < -0.3 is 9.84 Å². The van der Waals surface area contributed by atoms with Gasteiger partial charge in [-0.2, -0.15) is 0 Å². The Morgan fingerprint density at radius 3 is 2.76 bits per heavy atom. The van der Waals surface area contributed by atoms with Crippen LogP contribution in [0.5, 0.6) is 11.6 Å². The van der Waals surface area contributed by atoms with Crippen molar-refractivity contribution in [1.82, 2.24) is 4.98 Å². The Labute approximate surface area is 123 Å². The van der Waals surface area contributed by atoms with Crippen molar-refractivity contribution in [3.05, 3.63) is 56.7 Å². The molecule has 0 saturated carbocycles. The highest BCUT2D eigenvalue weighted by Crippen LogP contribution is 2.37. The molecule has 1 aromatic heterocycles. The lowest BCUT2D eigenvalue weighted by Gasteiger charge is -2.08. The largest absolute Gasteiger partial charge is 0.478 e. The van der Waals surface area contributed by atoms with Crippen molar-refractivity contribution in [2.75, 3.05) is 0 Å². The smallest absolute Gasteiger partial charge is 0.335 e. The summed E-state index contributed by atoms with van der Waals surface area (Å²) in [6.07, 6.45) is 0. The Hall–Kier alpha value is -2.67. The number of ether oxygens (including phenoxy) is 1. The van der Waals surface area contributed by atoms with Gasteiger partial charge in [-0.15, -0.1) is 0 Å². The van der Waals surface area contributed by atoms with Crippen LogP contribution < -0.4 is 4.74 Å². The number of hydrogen-bond acceptors (Lipinski definition) is 5. The van der Waals surface area contributed by atoms with Crippen LogP contribution in [0.25, 0.3) is 0 Å². The zero-order valence-electron chi connectivity index (χ0n) is 10.7. The number of carboxylic acids is 1. The molecule has 0 aliphatic carbocycles. The van der Waals surface area contributed by atoms with Gasteiger partial charge in [-0.25, -0.2) is 9.78 Å². The quantitative estimate of drug-likeness (QED) is 0.685. The highest BCUT2D eigenvalue weighted by Gasteiger charge is 2.20. The lowest BCUT2D eigenvalue weighted by Crippen LogP contribution is -2.01. The van der Waals surface area contributed by atoms with Crippen LogP contribution in [-0.4, -0.2) is 21.0 Å². The van der Waals surface area contributed by atoms with Gasteiger partial charge >= 0.3 is 11.7 Å². The topological polar surface area (TPSA) is 103 Å². The molecule has 0 saturated heterocycles. The average molecular weight is 309 g/mol. The number of nitro benzene ring substituents is 1. The summed E-state index contributed by atoms with van der Waals surface area (Å²) in [7, 11) is 0. The van der Waals surface area contributed by atoms with E-state index in [2.05, 4.69) is 4.98 Å². The Morgan fingerprint density at radius 1 is 1.43 bits per heavy atom. The average Bonchev–Trinajstić information content (AvgIpc) is 2.40. The summed E-state index contributed by atoms with van der Waals surface area (Å²) >= 11 is 5.89. The van der Waals surface area contributed by atoms with Gasteiger partial charge in [0.25, 0.3) is 0 Å². The Kier molecular flexibility index (Phi) is 4.04. The molecule has 2 rings (SSSR count). The number of carbonyl (C=O) groups is 1. The summed E-state index contributed by atoms with van der Waals surface area (Å²) in [5, 5.41) is 20.0. The Bertz CT molecular complexity index is 732. The van der Waals surface area contributed by atoms with Gasteiger partial charge in [0, 0.05) is 17.8 Å². The fourth-order valence-corrected chi connectivity index (χ4v) is 1.87. The third-order valence-corrected chi connectivity index (χ3v) is 2.82. The minimum Gasteiger partial charge on any atom is -0.478 e. The molecule has 0 atom stereocenters. The molecule has 1 heterocycles. The highest BCUT2D eigenvalue weighted by atomic mass is 35.5. The fourth-order valence-electron chi connectivity index (χ4n) is 1.66. The summed E-state index contributed by atoms with van der Waals surface area (Å²) in [6.45, 7) is 1.58. The van der Waals surface area contributed by atoms with E-state index in [4.69, 9.17) is 21.4 Å². The maximum Gasteiger partial charge on any atom is 0.335 e. The molecule has 1 N–H and O–H groups in total. The zero-order valence-corrected chi connectivity index (χ0v) is 11.5. The second kappa shape index (κ2) is 5.76. The lowest BCUT2D eigenvalue weighted by atomic mass is 10.2. The highest BCUT2D eigenvalue weighted by molar-refractivity contribution is 6.32. The molecule has 2 aromatic rings. The molecular formula is C13H9ClN2O5. The van der Waals surface area contributed by atoms with Crippen LogP contribution in [-0.2, 0) is 0 Å². The lowest BCUT2D eigenvalue weighted by molar-refractivity contribution is -0.385. The standard InChI is InChI=1S/C13H9ClN2O5/c1-7-5-8(13(17)18)6-11(15-7)21-12-9(14)3-2-4-10(12)16(19)20/h2-6H,1H3,(H,17,18). The van der Waals surface area contributed by atoms with Crippen molar-refractivity contribution in [3.8, 4) is 11.6 Å². The SMILES string of the molecule is Cc1cc(C(=O)O)cc(Oc2c(Cl)cccc2[N+](=O)[O-])n1. The molecule has 8 heteroatoms. The van der Waals surface area contributed by atoms with Crippen LogP contribution in [0.2, 0.25) is 5.02 Å². The van der Waals surface area contributed by atoms with Gasteiger partial charge in [0.2, 0.25) is 11.6 Å². The van der Waals surface area contributed by atoms with E-state index >= 15 is 0 Å². The summed E-state index contributed by atoms with van der Waals surface area (Å²) in [4.78, 5) is 25.3. The number of benzene rings is 1. The van der Waals surface area contributed by atoms with E-state index in [1.165, 1.54) is 30.3 Å². The van der Waals surface area contributed by atoms with Crippen LogP contribution in [0, 0.1) is 17.0 Å². The van der Waals surface area contributed by atoms with Gasteiger partial charge in [-0.05, 0) is 19.1 Å². The van der Waals surface area contributed by atoms with Crippen LogP contribution in [0.1, 0.15) is 16.1 Å². The first-order valence-electron chi connectivity index (χ1n) is 5.71. The maximum atomic E-state index is 11.0. The Morgan fingerprint density at radius 2 is 2.14 bits per heavy atom. The van der Waals surface area contributed by atoms with E-state index in [1.54, 1.807) is 6.92 Å². The minimum absolute atomic E-state index is 0.0318. The predicted octanol–water partition coefficient (Wildman–Crippen LogP) is 3.44. The summed E-state index contributed by atoms with van der Waals surface area (Å²) in [6, 6.07) is 6.60. The second-order valence-electron chi connectivity index (χ2n) is 4.09. The first kappa shape index (κ1) is 14.7. The second-order valence-corrected chi connectivity index (χ2v) is 4.50. The van der Waals surface area contributed by atoms with Gasteiger partial charge in [0.1, 0.15) is 0 Å². The van der Waals surface area contributed by atoms with E-state index in [9.17, 15) is 14.9 Å². The number of carboxylic acid groups (broad SMARTS) is 1. The van der Waals surface area contributed by atoms with Crippen LogP contribution in [0.15, 0.2) is 30.3 Å². The predicted molar refractivity (Wildman–Crippen MR) is 74.1 cm³/mol. The Balaban J connectivity index is 2.48. The van der Waals surface area contributed by atoms with Gasteiger partial charge in [-0.1, -0.05) is 17.7 Å². The van der Waals surface area contributed by atoms with Crippen molar-refractivity contribution in [1.29, 1.82) is 0 Å². The number of aromatic nitrogens is 1. The van der Waals surface area contributed by atoms with Gasteiger partial charge in [0.15, 0.2) is 0 Å². The summed E-state index contributed by atoms with van der Waals surface area (Å²) in [5.41, 5.74) is 0.0366. The van der Waals surface area contributed by atoms with Crippen molar-refractivity contribution < 1.29 is 19.6 Å². The van der Waals surface area contributed by atoms with Gasteiger partial charge in [-0.3, -0.25) is 10.1 Å². The summed E-state index contributed by atoms with van der Waals surface area (Å²) < 4.78 is 5.33. The minimum atomic E-state index is -1.15. The number of nitrogens with zero attached hydrogens (tertiary/aromatic N) is 2. The number of nitro groups is 1. The number of pyridine rings is 1. The molecule has 7 nitrogen and oxygen atoms in total. The number of rotatable bonds is 4. The molecule has 0 radical (unpaired) electrons. The molecule has 1 aromatic carbocycles. The normalized spacial score (nSPS) is 10.2. The molecule has 0 aliphatic heterocycles. The van der Waals surface area contributed by atoms with E-state index in [0.717, 1.165) is 0 Å². The monoisotopic (exact) mass is 308 g/mol.